The van der Waals surface area contributed by atoms with Crippen molar-refractivity contribution in [2.75, 3.05) is 66.7 Å². The molecular formula is C23H30N4O5. The van der Waals surface area contributed by atoms with Gasteiger partial charge in [0.05, 0.1) is 51.3 Å². The highest BCUT2D eigenvalue weighted by atomic mass is 16.5. The maximum atomic E-state index is 13.5. The number of carbonyl (C=O) groups is 2. The molecule has 3 amide bonds. The van der Waals surface area contributed by atoms with E-state index in [1.54, 1.807) is 31.3 Å². The molecule has 1 aromatic rings. The van der Waals surface area contributed by atoms with Gasteiger partial charge in [-0.1, -0.05) is 6.08 Å². The highest BCUT2D eigenvalue weighted by Gasteiger charge is 2.43. The molecule has 4 rings (SSSR count). The topological polar surface area (TPSA) is 83.6 Å². The molecule has 1 saturated heterocycles. The monoisotopic (exact) mass is 442 g/mol. The van der Waals surface area contributed by atoms with Crippen LogP contribution < -0.4 is 14.8 Å². The molecule has 9 heteroatoms. The molecule has 0 unspecified atom stereocenters. The predicted molar refractivity (Wildman–Crippen MR) is 119 cm³/mol. The first-order valence-corrected chi connectivity index (χ1v) is 10.8. The first-order valence-electron chi connectivity index (χ1n) is 10.8. The Bertz CT molecular complexity index is 903. The number of morpholine rings is 1. The van der Waals surface area contributed by atoms with Crippen molar-refractivity contribution in [2.24, 2.45) is 0 Å². The van der Waals surface area contributed by atoms with E-state index in [0.29, 0.717) is 49.9 Å². The summed E-state index contributed by atoms with van der Waals surface area (Å²) in [7, 11) is 3.14. The number of methoxy groups -OCH3 is 2. The highest BCUT2D eigenvalue weighted by molar-refractivity contribution is 6.01. The Morgan fingerprint density at radius 1 is 1.12 bits per heavy atom. The Kier molecular flexibility index (Phi) is 6.66. The molecule has 1 fully saturated rings. The predicted octanol–water partition coefficient (Wildman–Crippen LogP) is 1.38. The van der Waals surface area contributed by atoms with Crippen molar-refractivity contribution in [1.82, 2.24) is 20.0 Å². The van der Waals surface area contributed by atoms with Crippen LogP contribution in [0.4, 0.5) is 4.79 Å². The van der Waals surface area contributed by atoms with Crippen LogP contribution >= 0.6 is 0 Å². The fourth-order valence-electron chi connectivity index (χ4n) is 4.38. The van der Waals surface area contributed by atoms with E-state index >= 15 is 0 Å². The van der Waals surface area contributed by atoms with Gasteiger partial charge in [0.25, 0.3) is 5.91 Å². The minimum Gasteiger partial charge on any atom is -0.497 e. The fourth-order valence-corrected chi connectivity index (χ4v) is 4.38. The summed E-state index contributed by atoms with van der Waals surface area (Å²) in [4.78, 5) is 32.2. The van der Waals surface area contributed by atoms with Crippen molar-refractivity contribution in [1.29, 1.82) is 0 Å². The number of ether oxygens (including phenoxy) is 3. The molecule has 1 atom stereocenters. The van der Waals surface area contributed by atoms with Crippen LogP contribution in [0.2, 0.25) is 0 Å². The average molecular weight is 443 g/mol. The van der Waals surface area contributed by atoms with Gasteiger partial charge < -0.3 is 24.4 Å². The Balaban J connectivity index is 1.63. The summed E-state index contributed by atoms with van der Waals surface area (Å²) in [6.45, 7) is 9.03. The highest BCUT2D eigenvalue weighted by Crippen LogP contribution is 2.38. The minimum atomic E-state index is -0.580. The van der Waals surface area contributed by atoms with Gasteiger partial charge in [-0.3, -0.25) is 14.6 Å². The van der Waals surface area contributed by atoms with Crippen LogP contribution in [0.3, 0.4) is 0 Å². The first kappa shape index (κ1) is 22.2. The normalized spacial score (nSPS) is 21.5. The van der Waals surface area contributed by atoms with E-state index in [1.807, 2.05) is 17.0 Å². The Morgan fingerprint density at radius 2 is 1.81 bits per heavy atom. The lowest BCUT2D eigenvalue weighted by atomic mass is 9.95. The molecule has 3 heterocycles. The van der Waals surface area contributed by atoms with Gasteiger partial charge in [0.2, 0.25) is 0 Å². The number of hydrogen-bond donors (Lipinski definition) is 1. The zero-order valence-electron chi connectivity index (χ0n) is 18.6. The van der Waals surface area contributed by atoms with Crippen LogP contribution in [0.5, 0.6) is 11.5 Å². The molecule has 0 aliphatic carbocycles. The molecule has 0 saturated carbocycles. The van der Waals surface area contributed by atoms with Gasteiger partial charge in [-0.25, -0.2) is 4.79 Å². The van der Waals surface area contributed by atoms with E-state index in [4.69, 9.17) is 14.2 Å². The zero-order chi connectivity index (χ0) is 22.7. The fraction of sp³-hybridized carbons (Fsp3) is 0.478. The van der Waals surface area contributed by atoms with E-state index in [0.717, 1.165) is 30.9 Å². The van der Waals surface area contributed by atoms with Crippen LogP contribution in [-0.4, -0.2) is 93.3 Å². The molecule has 9 nitrogen and oxygen atoms in total. The lowest BCUT2D eigenvalue weighted by molar-refractivity contribution is -0.126. The van der Waals surface area contributed by atoms with E-state index in [9.17, 15) is 9.59 Å². The van der Waals surface area contributed by atoms with Crippen molar-refractivity contribution >= 4 is 11.9 Å². The van der Waals surface area contributed by atoms with Gasteiger partial charge in [0.15, 0.2) is 0 Å². The summed E-state index contributed by atoms with van der Waals surface area (Å²) < 4.78 is 16.2. The maximum absolute atomic E-state index is 13.5. The second-order valence-electron chi connectivity index (χ2n) is 7.97. The number of nitrogens with zero attached hydrogens (tertiary/aromatic N) is 3. The third-order valence-electron chi connectivity index (χ3n) is 6.11. The Labute approximate surface area is 188 Å². The van der Waals surface area contributed by atoms with Crippen molar-refractivity contribution < 1.29 is 23.8 Å². The summed E-state index contributed by atoms with van der Waals surface area (Å²) in [5.74, 6) is 1.13. The number of amides is 3. The third kappa shape index (κ3) is 4.31. The number of urea groups is 1. The number of carbonyl (C=O) groups excluding carboxylic acids is 2. The lowest BCUT2D eigenvalue weighted by Gasteiger charge is -2.33. The van der Waals surface area contributed by atoms with Crippen LogP contribution in [0.25, 0.3) is 0 Å². The quantitative estimate of drug-likeness (QED) is 0.613. The Hall–Kier alpha value is -3.04. The van der Waals surface area contributed by atoms with Crippen molar-refractivity contribution in [3.8, 4) is 11.5 Å². The van der Waals surface area contributed by atoms with Gasteiger partial charge in [-0.15, -0.1) is 6.58 Å². The molecule has 32 heavy (non-hydrogen) atoms. The van der Waals surface area contributed by atoms with E-state index in [-0.39, 0.29) is 11.9 Å². The SMILES string of the molecule is C=CCN1C(=O)N[C@H](c2cc(OC)cc(OC)c2)C2=C1CN(CCN1CCOCC1)C2=O. The van der Waals surface area contributed by atoms with Crippen molar-refractivity contribution in [3.05, 3.63) is 47.7 Å². The summed E-state index contributed by atoms with van der Waals surface area (Å²) in [6, 6.07) is 4.58. The second kappa shape index (κ2) is 9.62. The zero-order valence-corrected chi connectivity index (χ0v) is 18.6. The van der Waals surface area contributed by atoms with Gasteiger partial charge >= 0.3 is 6.03 Å². The van der Waals surface area contributed by atoms with E-state index < -0.39 is 6.04 Å². The lowest BCUT2D eigenvalue weighted by Crippen LogP contribution is -2.47. The van der Waals surface area contributed by atoms with E-state index in [2.05, 4.69) is 16.8 Å². The standard InChI is InChI=1S/C23H30N4O5/c1-4-5-27-19-15-26(7-6-25-8-10-32-11-9-25)22(28)20(19)21(24-23(27)29)16-12-17(30-2)14-18(13-16)31-3/h4,12-14,21H,1,5-11,15H2,2-3H3,(H,24,29)/t21-/m1/s1. The summed E-state index contributed by atoms with van der Waals surface area (Å²) in [5, 5.41) is 2.99. The first-order chi connectivity index (χ1) is 15.5. The molecule has 1 aromatic carbocycles. The average Bonchev–Trinajstić information content (AvgIpc) is 3.15. The molecule has 0 aromatic heterocycles. The molecule has 3 aliphatic rings. The molecule has 0 radical (unpaired) electrons. The van der Waals surface area contributed by atoms with Crippen LogP contribution in [0, 0.1) is 0 Å². The second-order valence-corrected chi connectivity index (χ2v) is 7.97. The third-order valence-corrected chi connectivity index (χ3v) is 6.11. The van der Waals surface area contributed by atoms with Crippen molar-refractivity contribution in [3.63, 3.8) is 0 Å². The smallest absolute Gasteiger partial charge is 0.322 e. The summed E-state index contributed by atoms with van der Waals surface area (Å²) in [6.07, 6.45) is 1.67. The molecule has 1 N–H and O–H groups in total. The summed E-state index contributed by atoms with van der Waals surface area (Å²) in [5.41, 5.74) is 2.06. The molecule has 172 valence electrons. The molecule has 0 spiro atoms. The van der Waals surface area contributed by atoms with E-state index in [1.165, 1.54) is 0 Å². The minimum absolute atomic E-state index is 0.0610. The van der Waals surface area contributed by atoms with Gasteiger partial charge in [0, 0.05) is 38.8 Å². The van der Waals surface area contributed by atoms with Crippen LogP contribution in [-0.2, 0) is 9.53 Å². The molecular weight excluding hydrogens is 412 g/mol. The molecule has 3 aliphatic heterocycles. The largest absolute Gasteiger partial charge is 0.497 e. The number of rotatable bonds is 8. The molecule has 0 bridgehead atoms. The Morgan fingerprint density at radius 3 is 2.44 bits per heavy atom. The van der Waals surface area contributed by atoms with Crippen molar-refractivity contribution in [2.45, 2.75) is 6.04 Å². The maximum Gasteiger partial charge on any atom is 0.322 e. The van der Waals surface area contributed by atoms with Gasteiger partial charge in [-0.2, -0.15) is 0 Å². The number of benzene rings is 1. The number of nitrogens with one attached hydrogen (secondary N) is 1. The van der Waals surface area contributed by atoms with Gasteiger partial charge in [-0.05, 0) is 17.7 Å². The summed E-state index contributed by atoms with van der Waals surface area (Å²) >= 11 is 0. The number of hydrogen-bond acceptors (Lipinski definition) is 6. The van der Waals surface area contributed by atoms with Crippen LogP contribution in [0.1, 0.15) is 11.6 Å². The van der Waals surface area contributed by atoms with Gasteiger partial charge in [0.1, 0.15) is 11.5 Å². The van der Waals surface area contributed by atoms with Crippen LogP contribution in [0.15, 0.2) is 42.1 Å².